The minimum absolute atomic E-state index is 0.288. The van der Waals surface area contributed by atoms with Crippen LogP contribution in [-0.4, -0.2) is 40.6 Å². The number of rotatable bonds is 6. The fraction of sp³-hybridized carbons (Fsp3) is 0.421. The minimum Gasteiger partial charge on any atom is -0.543 e. The molecule has 1 saturated heterocycles. The molecule has 2 heterocycles. The van der Waals surface area contributed by atoms with Crippen LogP contribution >= 0.6 is 11.8 Å². The van der Waals surface area contributed by atoms with Crippen molar-refractivity contribution >= 4 is 29.6 Å². The molecule has 0 unspecified atom stereocenters. The van der Waals surface area contributed by atoms with Crippen LogP contribution in [0.5, 0.6) is 0 Å². The van der Waals surface area contributed by atoms with Gasteiger partial charge in [0.05, 0.1) is 23.6 Å². The summed E-state index contributed by atoms with van der Waals surface area (Å²) in [5.74, 6) is -16.9. The standard InChI is InChI=1S/C19H16F5NO5S/c1-4-31-16-5(2)14-7(17(26)25(14)15(16)18(27)28)6(3)30-19(29)8-9(20)11(22)13(24)12(23)10(8)21/h5-7,14H,4H2,1-3H3,(H,27,28)/p-1/t5-,6-,7-,14-/m1/s1. The maximum atomic E-state index is 13.9. The average Bonchev–Trinajstić information content (AvgIpc) is 2.94. The van der Waals surface area contributed by atoms with Gasteiger partial charge in [-0.2, -0.15) is 0 Å². The van der Waals surface area contributed by atoms with E-state index in [2.05, 4.69) is 0 Å². The van der Waals surface area contributed by atoms with Crippen molar-refractivity contribution in [2.24, 2.45) is 11.8 Å². The van der Waals surface area contributed by atoms with Crippen molar-refractivity contribution in [1.29, 1.82) is 0 Å². The lowest BCUT2D eigenvalue weighted by molar-refractivity contribution is -0.301. The number of carbonyl (C=O) groups excluding carboxylic acids is 3. The molecule has 0 saturated carbocycles. The van der Waals surface area contributed by atoms with Gasteiger partial charge in [0.1, 0.15) is 11.7 Å². The van der Waals surface area contributed by atoms with Crippen molar-refractivity contribution in [1.82, 2.24) is 4.90 Å². The molecule has 2 aliphatic heterocycles. The molecule has 1 fully saturated rings. The Morgan fingerprint density at radius 3 is 2.10 bits per heavy atom. The molecule has 0 aromatic heterocycles. The number of aliphatic carboxylic acids is 1. The number of β-lactam (4-membered cyclic amide) rings is 1. The summed E-state index contributed by atoms with van der Waals surface area (Å²) >= 11 is 1.21. The van der Waals surface area contributed by atoms with E-state index in [-0.39, 0.29) is 5.70 Å². The van der Waals surface area contributed by atoms with Gasteiger partial charge < -0.3 is 19.5 Å². The Labute approximate surface area is 177 Å². The van der Waals surface area contributed by atoms with Gasteiger partial charge in [-0.3, -0.25) is 4.79 Å². The Balaban J connectivity index is 1.86. The number of thioether (sulfide) groups is 1. The molecule has 1 amide bonds. The topological polar surface area (TPSA) is 86.7 Å². The smallest absolute Gasteiger partial charge is 0.344 e. The number of nitrogens with zero attached hydrogens (tertiary/aromatic N) is 1. The van der Waals surface area contributed by atoms with E-state index in [1.165, 1.54) is 18.7 Å². The van der Waals surface area contributed by atoms with Crippen LogP contribution < -0.4 is 5.11 Å². The molecule has 0 radical (unpaired) electrons. The predicted molar refractivity (Wildman–Crippen MR) is 94.6 cm³/mol. The largest absolute Gasteiger partial charge is 0.543 e. The molecule has 12 heteroatoms. The van der Waals surface area contributed by atoms with E-state index in [1.54, 1.807) is 13.8 Å². The molecule has 3 rings (SSSR count). The van der Waals surface area contributed by atoms with Gasteiger partial charge in [-0.1, -0.05) is 13.8 Å². The molecule has 31 heavy (non-hydrogen) atoms. The van der Waals surface area contributed by atoms with Crippen molar-refractivity contribution in [2.75, 3.05) is 5.75 Å². The number of amides is 1. The molecule has 2 aliphatic rings. The third kappa shape index (κ3) is 3.36. The SMILES string of the molecule is CCSC1=C(C(=O)[O-])N2C(=O)[C@H]([C@@H](C)OC(=O)c3c(F)c(F)c(F)c(F)c3F)[C@H]2[C@H]1C. The van der Waals surface area contributed by atoms with E-state index in [4.69, 9.17) is 4.74 Å². The van der Waals surface area contributed by atoms with Gasteiger partial charge in [0.25, 0.3) is 0 Å². The zero-order chi connectivity index (χ0) is 23.4. The first kappa shape index (κ1) is 23.0. The summed E-state index contributed by atoms with van der Waals surface area (Å²) < 4.78 is 72.5. The van der Waals surface area contributed by atoms with Crippen molar-refractivity contribution in [2.45, 2.75) is 32.9 Å². The Bertz CT molecular complexity index is 1000. The molecule has 0 spiro atoms. The summed E-state index contributed by atoms with van der Waals surface area (Å²) in [6, 6.07) is -0.728. The zero-order valence-corrected chi connectivity index (χ0v) is 17.1. The van der Waals surface area contributed by atoms with Gasteiger partial charge in [0.2, 0.25) is 11.7 Å². The second-order valence-corrected chi connectivity index (χ2v) is 8.31. The molecule has 1 aromatic carbocycles. The fourth-order valence-corrected chi connectivity index (χ4v) is 4.97. The highest BCUT2D eigenvalue weighted by Gasteiger charge is 2.59. The van der Waals surface area contributed by atoms with Crippen molar-refractivity contribution in [3.63, 3.8) is 0 Å². The predicted octanol–water partition coefficient (Wildman–Crippen LogP) is 2.12. The number of esters is 1. The summed E-state index contributed by atoms with van der Waals surface area (Å²) in [5.41, 5.74) is -2.06. The molecule has 6 nitrogen and oxygen atoms in total. The van der Waals surface area contributed by atoms with Crippen LogP contribution in [0.4, 0.5) is 22.0 Å². The second-order valence-electron chi connectivity index (χ2n) is 7.00. The molecule has 4 atom stereocenters. The lowest BCUT2D eigenvalue weighted by Crippen LogP contribution is -2.64. The van der Waals surface area contributed by atoms with Gasteiger partial charge in [-0.25, -0.2) is 26.7 Å². The first-order chi connectivity index (χ1) is 14.4. The van der Waals surface area contributed by atoms with Gasteiger partial charge >= 0.3 is 5.97 Å². The lowest BCUT2D eigenvalue weighted by atomic mass is 9.79. The number of halogens is 5. The van der Waals surface area contributed by atoms with Crippen molar-refractivity contribution in [3.05, 3.63) is 45.3 Å². The Morgan fingerprint density at radius 1 is 1.10 bits per heavy atom. The number of carbonyl (C=O) groups is 3. The van der Waals surface area contributed by atoms with Crippen LogP contribution in [0.3, 0.4) is 0 Å². The normalized spacial score (nSPS) is 23.5. The van der Waals surface area contributed by atoms with Crippen LogP contribution in [0.2, 0.25) is 0 Å². The Hall–Kier alpha value is -2.63. The fourth-order valence-electron chi connectivity index (χ4n) is 3.93. The Kier molecular flexibility index (Phi) is 6.05. The highest BCUT2D eigenvalue weighted by Crippen LogP contribution is 2.50. The molecular weight excluding hydrogens is 449 g/mol. The summed E-state index contributed by atoms with van der Waals surface area (Å²) in [4.78, 5) is 37.7. The van der Waals surface area contributed by atoms with E-state index in [0.29, 0.717) is 10.7 Å². The monoisotopic (exact) mass is 464 g/mol. The van der Waals surface area contributed by atoms with E-state index in [9.17, 15) is 41.4 Å². The van der Waals surface area contributed by atoms with E-state index in [1.807, 2.05) is 0 Å². The number of carboxylic acids is 1. The zero-order valence-electron chi connectivity index (χ0n) is 16.3. The number of hydrogen-bond donors (Lipinski definition) is 0. The van der Waals surface area contributed by atoms with Gasteiger partial charge in [0.15, 0.2) is 23.3 Å². The van der Waals surface area contributed by atoms with Gasteiger partial charge in [0, 0.05) is 10.8 Å². The molecule has 0 bridgehead atoms. The first-order valence-electron chi connectivity index (χ1n) is 9.09. The first-order valence-corrected chi connectivity index (χ1v) is 10.1. The maximum absolute atomic E-state index is 13.9. The molecule has 1 aromatic rings. The highest BCUT2D eigenvalue weighted by atomic mass is 32.2. The quantitative estimate of drug-likeness (QED) is 0.211. The molecule has 0 aliphatic carbocycles. The average molecular weight is 464 g/mol. The maximum Gasteiger partial charge on any atom is 0.344 e. The van der Waals surface area contributed by atoms with Crippen LogP contribution in [0.15, 0.2) is 10.6 Å². The number of hydrogen-bond acceptors (Lipinski definition) is 6. The molecule has 0 N–H and O–H groups in total. The number of ether oxygens (including phenoxy) is 1. The summed E-state index contributed by atoms with van der Waals surface area (Å²) in [6.07, 6.45) is -1.34. The van der Waals surface area contributed by atoms with E-state index < -0.39 is 76.5 Å². The number of fused-ring (bicyclic) bond motifs is 1. The van der Waals surface area contributed by atoms with E-state index in [0.717, 1.165) is 4.90 Å². The third-order valence-electron chi connectivity index (χ3n) is 5.29. The highest BCUT2D eigenvalue weighted by molar-refractivity contribution is 8.03. The summed E-state index contributed by atoms with van der Waals surface area (Å²) in [5, 5.41) is 11.5. The van der Waals surface area contributed by atoms with Crippen molar-refractivity contribution in [3.8, 4) is 0 Å². The third-order valence-corrected chi connectivity index (χ3v) is 6.46. The summed E-state index contributed by atoms with van der Waals surface area (Å²) in [6.45, 7) is 4.64. The van der Waals surface area contributed by atoms with Crippen molar-refractivity contribution < 1.29 is 46.2 Å². The second kappa shape index (κ2) is 8.13. The van der Waals surface area contributed by atoms with Crippen LogP contribution in [-0.2, 0) is 14.3 Å². The van der Waals surface area contributed by atoms with Crippen LogP contribution in [0.25, 0.3) is 0 Å². The van der Waals surface area contributed by atoms with Crippen LogP contribution in [0.1, 0.15) is 31.1 Å². The van der Waals surface area contributed by atoms with Gasteiger partial charge in [-0.15, -0.1) is 11.8 Å². The Morgan fingerprint density at radius 2 is 1.61 bits per heavy atom. The molecular formula is C19H15F5NO5S-. The number of carboxylic acid groups (broad SMARTS) is 1. The van der Waals surface area contributed by atoms with Crippen LogP contribution in [0, 0.1) is 40.9 Å². The summed E-state index contributed by atoms with van der Waals surface area (Å²) in [7, 11) is 0. The van der Waals surface area contributed by atoms with E-state index >= 15 is 0 Å². The number of benzene rings is 1. The minimum atomic E-state index is -2.42. The molecule has 168 valence electrons. The lowest BCUT2D eigenvalue weighted by Gasteiger charge is -2.47. The van der Waals surface area contributed by atoms with Gasteiger partial charge in [-0.05, 0) is 12.7 Å².